The van der Waals surface area contributed by atoms with E-state index in [1.165, 1.54) is 5.01 Å². The van der Waals surface area contributed by atoms with Crippen molar-refractivity contribution in [3.8, 4) is 5.75 Å². The molecular weight excluding hydrogens is 278 g/mol. The van der Waals surface area contributed by atoms with Gasteiger partial charge in [-0.25, -0.2) is 5.01 Å². The number of nitrogens with zero attached hydrogens (tertiary/aromatic N) is 2. The van der Waals surface area contributed by atoms with Crippen LogP contribution in [0.5, 0.6) is 5.75 Å². The first-order valence-corrected chi connectivity index (χ1v) is 7.07. The predicted octanol–water partition coefficient (Wildman–Crippen LogP) is 2.53. The van der Waals surface area contributed by atoms with Crippen molar-refractivity contribution in [2.75, 3.05) is 19.4 Å². The van der Waals surface area contributed by atoms with Crippen LogP contribution in [0.25, 0.3) is 0 Å². The van der Waals surface area contributed by atoms with Gasteiger partial charge in [0.05, 0.1) is 19.4 Å². The van der Waals surface area contributed by atoms with Gasteiger partial charge in [-0.2, -0.15) is 5.10 Å². The topological polar surface area (TPSA) is 67.9 Å². The molecule has 2 aromatic carbocycles. The second kappa shape index (κ2) is 5.89. The van der Waals surface area contributed by atoms with Crippen molar-refractivity contribution in [1.29, 1.82) is 0 Å². The minimum Gasteiger partial charge on any atom is -0.497 e. The molecule has 1 amide bonds. The van der Waals surface area contributed by atoms with Gasteiger partial charge < -0.3 is 10.5 Å². The molecule has 0 spiro atoms. The minimum absolute atomic E-state index is 0.0999. The van der Waals surface area contributed by atoms with Crippen LogP contribution in [0.15, 0.2) is 53.6 Å². The molecule has 0 fully saturated rings. The fourth-order valence-corrected chi connectivity index (χ4v) is 2.44. The van der Waals surface area contributed by atoms with E-state index >= 15 is 0 Å². The molecule has 0 bridgehead atoms. The molecule has 0 saturated heterocycles. The highest BCUT2D eigenvalue weighted by atomic mass is 16.5. The Balaban J connectivity index is 1.87. The molecule has 5 heteroatoms. The van der Waals surface area contributed by atoms with Gasteiger partial charge in [0.2, 0.25) is 0 Å². The third-order valence-electron chi connectivity index (χ3n) is 3.63. The zero-order chi connectivity index (χ0) is 15.5. The fraction of sp³-hybridized carbons (Fsp3) is 0.176. The molecule has 1 aliphatic rings. The number of carbonyl (C=O) groups is 1. The number of benzene rings is 2. The molecule has 2 aromatic rings. The van der Waals surface area contributed by atoms with E-state index in [0.29, 0.717) is 24.2 Å². The molecular formula is C17H17N3O2. The van der Waals surface area contributed by atoms with Gasteiger partial charge in [0.25, 0.3) is 5.91 Å². The van der Waals surface area contributed by atoms with Crippen molar-refractivity contribution in [1.82, 2.24) is 5.01 Å². The van der Waals surface area contributed by atoms with E-state index in [1.54, 1.807) is 31.4 Å². The van der Waals surface area contributed by atoms with Crippen LogP contribution in [0, 0.1) is 0 Å². The molecule has 0 aromatic heterocycles. The van der Waals surface area contributed by atoms with Crippen molar-refractivity contribution >= 4 is 17.3 Å². The first kappa shape index (κ1) is 14.1. The number of hydrogen-bond acceptors (Lipinski definition) is 4. The van der Waals surface area contributed by atoms with Gasteiger partial charge >= 0.3 is 0 Å². The lowest BCUT2D eigenvalue weighted by Crippen LogP contribution is -2.23. The Morgan fingerprint density at radius 1 is 1.23 bits per heavy atom. The summed E-state index contributed by atoms with van der Waals surface area (Å²) in [6.45, 7) is 0.555. The number of rotatable bonds is 3. The molecule has 0 radical (unpaired) electrons. The summed E-state index contributed by atoms with van der Waals surface area (Å²) in [4.78, 5) is 12.4. The molecule has 112 valence electrons. The number of amides is 1. The summed E-state index contributed by atoms with van der Waals surface area (Å²) in [7, 11) is 1.61. The van der Waals surface area contributed by atoms with Gasteiger partial charge in [0.15, 0.2) is 0 Å². The number of ether oxygens (including phenoxy) is 1. The largest absolute Gasteiger partial charge is 0.497 e. The molecule has 1 aliphatic heterocycles. The molecule has 0 aliphatic carbocycles. The van der Waals surface area contributed by atoms with Crippen molar-refractivity contribution in [2.24, 2.45) is 5.10 Å². The van der Waals surface area contributed by atoms with Gasteiger partial charge in [-0.05, 0) is 30.3 Å². The molecule has 22 heavy (non-hydrogen) atoms. The highest BCUT2D eigenvalue weighted by Gasteiger charge is 2.23. The lowest BCUT2D eigenvalue weighted by Gasteiger charge is -2.11. The van der Waals surface area contributed by atoms with E-state index < -0.39 is 0 Å². The van der Waals surface area contributed by atoms with Crippen LogP contribution in [-0.2, 0) is 0 Å². The third kappa shape index (κ3) is 2.65. The Hall–Kier alpha value is -2.82. The van der Waals surface area contributed by atoms with Crippen molar-refractivity contribution in [3.63, 3.8) is 0 Å². The Morgan fingerprint density at radius 2 is 2.00 bits per heavy atom. The van der Waals surface area contributed by atoms with E-state index in [9.17, 15) is 4.79 Å². The summed E-state index contributed by atoms with van der Waals surface area (Å²) < 4.78 is 5.22. The van der Waals surface area contributed by atoms with Gasteiger partial charge in [-0.3, -0.25) is 4.79 Å². The summed E-state index contributed by atoms with van der Waals surface area (Å²) in [6, 6.07) is 14.6. The number of hydrazone groups is 1. The van der Waals surface area contributed by atoms with Crippen LogP contribution >= 0.6 is 0 Å². The summed E-state index contributed by atoms with van der Waals surface area (Å²) in [5.74, 6) is 0.622. The maximum Gasteiger partial charge on any atom is 0.273 e. The monoisotopic (exact) mass is 295 g/mol. The maximum absolute atomic E-state index is 12.4. The van der Waals surface area contributed by atoms with Crippen molar-refractivity contribution < 1.29 is 9.53 Å². The predicted molar refractivity (Wildman–Crippen MR) is 86.0 cm³/mol. The molecule has 0 atom stereocenters. The van der Waals surface area contributed by atoms with Crippen LogP contribution in [-0.4, -0.2) is 30.3 Å². The second-order valence-electron chi connectivity index (χ2n) is 5.04. The fourth-order valence-electron chi connectivity index (χ4n) is 2.44. The Bertz CT molecular complexity index is 726. The molecule has 1 heterocycles. The first-order valence-electron chi connectivity index (χ1n) is 7.07. The lowest BCUT2D eigenvalue weighted by molar-refractivity contribution is 0.0778. The maximum atomic E-state index is 12.4. The van der Waals surface area contributed by atoms with Gasteiger partial charge in [0.1, 0.15) is 5.75 Å². The first-order chi connectivity index (χ1) is 10.7. The van der Waals surface area contributed by atoms with E-state index in [2.05, 4.69) is 5.10 Å². The van der Waals surface area contributed by atoms with Gasteiger partial charge in [0, 0.05) is 23.2 Å². The normalized spacial score (nSPS) is 13.9. The second-order valence-corrected chi connectivity index (χ2v) is 5.04. The number of anilines is 1. The van der Waals surface area contributed by atoms with Crippen LogP contribution in [0.3, 0.4) is 0 Å². The van der Waals surface area contributed by atoms with E-state index in [0.717, 1.165) is 17.0 Å². The van der Waals surface area contributed by atoms with E-state index in [4.69, 9.17) is 10.5 Å². The summed E-state index contributed by atoms with van der Waals surface area (Å²) in [5.41, 5.74) is 8.91. The quantitative estimate of drug-likeness (QED) is 0.885. The van der Waals surface area contributed by atoms with Crippen LogP contribution in [0.1, 0.15) is 22.3 Å². The van der Waals surface area contributed by atoms with Crippen LogP contribution in [0.2, 0.25) is 0 Å². The number of hydrogen-bond donors (Lipinski definition) is 1. The average molecular weight is 295 g/mol. The molecule has 3 rings (SSSR count). The Kier molecular flexibility index (Phi) is 3.78. The SMILES string of the molecule is COc1ccc(N)c(C2=NN(C(=O)c3ccccc3)CC2)c1. The number of nitrogens with two attached hydrogens (primary N) is 1. The number of nitrogen functional groups attached to an aromatic ring is 1. The van der Waals surface area contributed by atoms with Crippen molar-refractivity contribution in [2.45, 2.75) is 6.42 Å². The van der Waals surface area contributed by atoms with E-state index in [1.807, 2.05) is 24.3 Å². The third-order valence-corrected chi connectivity index (χ3v) is 3.63. The molecule has 5 nitrogen and oxygen atoms in total. The summed E-state index contributed by atoms with van der Waals surface area (Å²) >= 11 is 0. The molecule has 2 N–H and O–H groups in total. The van der Waals surface area contributed by atoms with Gasteiger partial charge in [-0.15, -0.1) is 0 Å². The standard InChI is InChI=1S/C17H17N3O2/c1-22-13-7-8-15(18)14(11-13)16-9-10-20(19-16)17(21)12-5-3-2-4-6-12/h2-8,11H,9-10,18H2,1H3. The molecule has 0 unspecified atom stereocenters. The van der Waals surface area contributed by atoms with Crippen LogP contribution in [0.4, 0.5) is 5.69 Å². The average Bonchev–Trinajstić information content (AvgIpc) is 3.05. The summed E-state index contributed by atoms with van der Waals surface area (Å²) in [5, 5.41) is 5.93. The zero-order valence-electron chi connectivity index (χ0n) is 12.3. The molecule has 0 saturated carbocycles. The highest BCUT2D eigenvalue weighted by Crippen LogP contribution is 2.24. The number of methoxy groups -OCH3 is 1. The minimum atomic E-state index is -0.0999. The zero-order valence-corrected chi connectivity index (χ0v) is 12.3. The Morgan fingerprint density at radius 3 is 2.73 bits per heavy atom. The number of carbonyl (C=O) groups excluding carboxylic acids is 1. The van der Waals surface area contributed by atoms with Crippen molar-refractivity contribution in [3.05, 3.63) is 59.7 Å². The lowest BCUT2D eigenvalue weighted by atomic mass is 10.1. The van der Waals surface area contributed by atoms with E-state index in [-0.39, 0.29) is 5.91 Å². The highest BCUT2D eigenvalue weighted by molar-refractivity contribution is 6.07. The Labute approximate surface area is 129 Å². The van der Waals surface area contributed by atoms with Crippen LogP contribution < -0.4 is 10.5 Å². The smallest absolute Gasteiger partial charge is 0.273 e. The van der Waals surface area contributed by atoms with Gasteiger partial charge in [-0.1, -0.05) is 18.2 Å². The summed E-state index contributed by atoms with van der Waals surface area (Å²) in [6.07, 6.45) is 0.677.